The first kappa shape index (κ1) is 14.8. The zero-order valence-electron chi connectivity index (χ0n) is 10.8. The summed E-state index contributed by atoms with van der Waals surface area (Å²) in [7, 11) is -3.42. The van der Waals surface area contributed by atoms with Crippen LogP contribution >= 0.6 is 15.9 Å². The molecule has 4 nitrogen and oxygen atoms in total. The van der Waals surface area contributed by atoms with Gasteiger partial charge in [0.25, 0.3) is 0 Å². The third kappa shape index (κ3) is 4.19. The fraction of sp³-hybridized carbons (Fsp3) is 0.538. The van der Waals surface area contributed by atoms with Gasteiger partial charge in [-0.25, -0.2) is 0 Å². The molecular weight excluding hydrogens is 328 g/mol. The Kier molecular flexibility index (Phi) is 5.24. The molecule has 1 saturated heterocycles. The Morgan fingerprint density at radius 2 is 1.84 bits per heavy atom. The van der Waals surface area contributed by atoms with Crippen molar-refractivity contribution in [3.63, 3.8) is 0 Å². The van der Waals surface area contributed by atoms with Gasteiger partial charge in [0.15, 0.2) is 0 Å². The summed E-state index contributed by atoms with van der Waals surface area (Å²) < 4.78 is 28.8. The lowest BCUT2D eigenvalue weighted by atomic mass is 10.2. The van der Waals surface area contributed by atoms with Crippen LogP contribution in [-0.2, 0) is 15.5 Å². The van der Waals surface area contributed by atoms with E-state index in [0.29, 0.717) is 24.1 Å². The highest BCUT2D eigenvalue weighted by atomic mass is 79.9. The van der Waals surface area contributed by atoms with Gasteiger partial charge in [-0.05, 0) is 30.5 Å². The van der Waals surface area contributed by atoms with Gasteiger partial charge in [0.05, 0.1) is 5.69 Å². The molecule has 0 unspecified atom stereocenters. The summed E-state index contributed by atoms with van der Waals surface area (Å²) in [5.41, 5.74) is 1.68. The Bertz CT molecular complexity index is 511. The molecule has 0 amide bonds. The van der Waals surface area contributed by atoms with Crippen molar-refractivity contribution < 1.29 is 8.42 Å². The van der Waals surface area contributed by atoms with Crippen LogP contribution in [-0.4, -0.2) is 25.8 Å². The predicted molar refractivity (Wildman–Crippen MR) is 81.7 cm³/mol. The highest BCUT2D eigenvalue weighted by Gasteiger charge is 2.22. The van der Waals surface area contributed by atoms with Gasteiger partial charge in [-0.3, -0.25) is 4.72 Å². The average Bonchev–Trinajstić information content (AvgIpc) is 2.68. The van der Waals surface area contributed by atoms with Crippen molar-refractivity contribution in [2.24, 2.45) is 0 Å². The van der Waals surface area contributed by atoms with Gasteiger partial charge in [-0.2, -0.15) is 12.7 Å². The van der Waals surface area contributed by atoms with E-state index < -0.39 is 10.2 Å². The summed E-state index contributed by atoms with van der Waals surface area (Å²) >= 11 is 3.37. The van der Waals surface area contributed by atoms with Crippen LogP contribution in [0.3, 0.4) is 0 Å². The molecule has 6 heteroatoms. The van der Waals surface area contributed by atoms with E-state index in [-0.39, 0.29) is 0 Å². The van der Waals surface area contributed by atoms with Crippen LogP contribution in [0.4, 0.5) is 5.69 Å². The zero-order valence-corrected chi connectivity index (χ0v) is 13.2. The van der Waals surface area contributed by atoms with E-state index in [0.717, 1.165) is 31.2 Å². The number of anilines is 1. The van der Waals surface area contributed by atoms with Crippen molar-refractivity contribution in [3.8, 4) is 0 Å². The molecule has 0 spiro atoms. The van der Waals surface area contributed by atoms with E-state index in [1.54, 1.807) is 10.4 Å². The second-order valence-electron chi connectivity index (χ2n) is 4.75. The molecule has 0 aromatic heterocycles. The zero-order chi connectivity index (χ0) is 13.7. The van der Waals surface area contributed by atoms with Gasteiger partial charge >= 0.3 is 10.2 Å². The quantitative estimate of drug-likeness (QED) is 0.851. The molecule has 1 N–H and O–H groups in total. The Labute approximate surface area is 123 Å². The first-order chi connectivity index (χ1) is 9.12. The van der Waals surface area contributed by atoms with Gasteiger partial charge < -0.3 is 0 Å². The Morgan fingerprint density at radius 1 is 1.16 bits per heavy atom. The molecule has 0 saturated carbocycles. The largest absolute Gasteiger partial charge is 0.301 e. The van der Waals surface area contributed by atoms with Crippen LogP contribution in [0.25, 0.3) is 0 Å². The van der Waals surface area contributed by atoms with Gasteiger partial charge in [0.1, 0.15) is 0 Å². The third-order valence-corrected chi connectivity index (χ3v) is 5.42. The topological polar surface area (TPSA) is 49.4 Å². The standard InChI is InChI=1S/C13H19BrN2O2S/c14-11-12-6-5-7-13(10-12)15-19(17,18)16-8-3-1-2-4-9-16/h5-7,10,15H,1-4,8-9,11H2. The van der Waals surface area contributed by atoms with E-state index in [2.05, 4.69) is 20.7 Å². The number of halogens is 1. The first-order valence-electron chi connectivity index (χ1n) is 6.54. The molecule has 0 atom stereocenters. The SMILES string of the molecule is O=S(=O)(Nc1cccc(CBr)c1)N1CCCCCC1. The molecule has 0 bridgehead atoms. The van der Waals surface area contributed by atoms with Gasteiger partial charge in [0.2, 0.25) is 0 Å². The lowest BCUT2D eigenvalue weighted by Crippen LogP contribution is -2.36. The van der Waals surface area contributed by atoms with Gasteiger partial charge in [-0.1, -0.05) is 40.9 Å². The van der Waals surface area contributed by atoms with Gasteiger partial charge in [-0.15, -0.1) is 0 Å². The molecule has 0 aliphatic carbocycles. The highest BCUT2D eigenvalue weighted by Crippen LogP contribution is 2.18. The summed E-state index contributed by atoms with van der Waals surface area (Å²) in [4.78, 5) is 0. The maximum Gasteiger partial charge on any atom is 0.301 e. The van der Waals surface area contributed by atoms with Crippen LogP contribution in [0.15, 0.2) is 24.3 Å². The minimum absolute atomic E-state index is 0.619. The van der Waals surface area contributed by atoms with Gasteiger partial charge in [0, 0.05) is 18.4 Å². The molecule has 2 rings (SSSR count). The smallest absolute Gasteiger partial charge is 0.271 e. The fourth-order valence-electron chi connectivity index (χ4n) is 2.21. The Balaban J connectivity index is 2.10. The second kappa shape index (κ2) is 6.72. The predicted octanol–water partition coefficient (Wildman–Crippen LogP) is 3.11. The molecule has 19 heavy (non-hydrogen) atoms. The van der Waals surface area contributed by atoms with Crippen molar-refractivity contribution in [3.05, 3.63) is 29.8 Å². The number of alkyl halides is 1. The van der Waals surface area contributed by atoms with E-state index in [4.69, 9.17) is 0 Å². The summed E-state index contributed by atoms with van der Waals surface area (Å²) in [5.74, 6) is 0. The molecule has 1 fully saturated rings. The molecule has 1 aromatic carbocycles. The van der Waals surface area contributed by atoms with Crippen LogP contribution < -0.4 is 4.72 Å². The van der Waals surface area contributed by atoms with E-state index in [1.807, 2.05) is 18.2 Å². The van der Waals surface area contributed by atoms with Crippen molar-refractivity contribution in [1.29, 1.82) is 0 Å². The minimum atomic E-state index is -3.42. The molecule has 0 radical (unpaired) electrons. The molecule has 106 valence electrons. The molecular formula is C13H19BrN2O2S. The number of nitrogens with zero attached hydrogens (tertiary/aromatic N) is 1. The van der Waals surface area contributed by atoms with E-state index in [1.165, 1.54) is 0 Å². The second-order valence-corrected chi connectivity index (χ2v) is 6.99. The van der Waals surface area contributed by atoms with Crippen LogP contribution in [0.1, 0.15) is 31.2 Å². The summed E-state index contributed by atoms with van der Waals surface area (Å²) in [5, 5.41) is 0.715. The van der Waals surface area contributed by atoms with Crippen molar-refractivity contribution in [2.45, 2.75) is 31.0 Å². The summed E-state index contributed by atoms with van der Waals surface area (Å²) in [6, 6.07) is 7.45. The van der Waals surface area contributed by atoms with Crippen molar-refractivity contribution >= 4 is 31.8 Å². The number of nitrogens with one attached hydrogen (secondary N) is 1. The third-order valence-electron chi connectivity index (χ3n) is 3.23. The van der Waals surface area contributed by atoms with Crippen molar-refractivity contribution in [2.75, 3.05) is 17.8 Å². The summed E-state index contributed by atoms with van der Waals surface area (Å²) in [6.07, 6.45) is 4.13. The maximum absolute atomic E-state index is 12.3. The first-order valence-corrected chi connectivity index (χ1v) is 9.11. The maximum atomic E-state index is 12.3. The van der Waals surface area contributed by atoms with E-state index in [9.17, 15) is 8.42 Å². The lowest BCUT2D eigenvalue weighted by Gasteiger charge is -2.20. The van der Waals surface area contributed by atoms with Crippen LogP contribution in [0.5, 0.6) is 0 Å². The molecule has 1 aliphatic rings. The number of hydrogen-bond acceptors (Lipinski definition) is 2. The molecule has 1 aromatic rings. The minimum Gasteiger partial charge on any atom is -0.271 e. The molecule has 1 heterocycles. The Hall–Kier alpha value is -0.590. The lowest BCUT2D eigenvalue weighted by molar-refractivity contribution is 0.427. The normalized spacial score (nSPS) is 17.9. The highest BCUT2D eigenvalue weighted by molar-refractivity contribution is 9.08. The molecule has 1 aliphatic heterocycles. The monoisotopic (exact) mass is 346 g/mol. The van der Waals surface area contributed by atoms with E-state index >= 15 is 0 Å². The van der Waals surface area contributed by atoms with Crippen molar-refractivity contribution in [1.82, 2.24) is 4.31 Å². The Morgan fingerprint density at radius 3 is 2.47 bits per heavy atom. The summed E-state index contributed by atoms with van der Waals surface area (Å²) in [6.45, 7) is 1.24. The fourth-order valence-corrected chi connectivity index (χ4v) is 3.86. The number of rotatable bonds is 4. The average molecular weight is 347 g/mol. The van der Waals surface area contributed by atoms with Crippen LogP contribution in [0, 0.1) is 0 Å². The number of hydrogen-bond donors (Lipinski definition) is 1. The van der Waals surface area contributed by atoms with Crippen LogP contribution in [0.2, 0.25) is 0 Å². The number of benzene rings is 1.